The molecule has 2 rings (SSSR count). The molecule has 0 spiro atoms. The van der Waals surface area contributed by atoms with E-state index in [0.29, 0.717) is 5.56 Å². The molecular weight excluding hydrogens is 353 g/mol. The smallest absolute Gasteiger partial charge is 0.387 e. The maximum Gasteiger partial charge on any atom is 0.387 e. The number of nitrogen functional groups attached to an aromatic ring is 1. The number of anilines is 1. The highest BCUT2D eigenvalue weighted by molar-refractivity contribution is 5.93. The van der Waals surface area contributed by atoms with E-state index in [9.17, 15) is 18.0 Å². The number of nitrogens with two attached hydrogens (primary N) is 1. The van der Waals surface area contributed by atoms with Gasteiger partial charge in [0.15, 0.2) is 23.0 Å². The van der Waals surface area contributed by atoms with E-state index < -0.39 is 29.8 Å². The lowest BCUT2D eigenvalue weighted by Gasteiger charge is -2.15. The Kier molecular flexibility index (Phi) is 5.91. The first-order valence-electron chi connectivity index (χ1n) is 7.56. The van der Waals surface area contributed by atoms with Gasteiger partial charge in [0.05, 0.1) is 25.1 Å². The molecule has 0 aliphatic heterocycles. The number of nitrogens with zero attached hydrogens (tertiary/aromatic N) is 1. The van der Waals surface area contributed by atoms with Gasteiger partial charge < -0.3 is 19.9 Å². The number of pyridine rings is 1. The van der Waals surface area contributed by atoms with Gasteiger partial charge in [-0.1, -0.05) is 6.07 Å². The van der Waals surface area contributed by atoms with Gasteiger partial charge in [-0.25, -0.2) is 14.2 Å². The number of halogens is 3. The molecule has 0 saturated heterocycles. The number of carbonyl (C=O) groups is 1. The van der Waals surface area contributed by atoms with Crippen LogP contribution in [0.5, 0.6) is 11.5 Å². The van der Waals surface area contributed by atoms with Crippen LogP contribution in [0.2, 0.25) is 0 Å². The molecule has 1 heterocycles. The zero-order valence-electron chi connectivity index (χ0n) is 14.3. The predicted octanol–water partition coefficient (Wildman–Crippen LogP) is 3.57. The minimum Gasteiger partial charge on any atom is -0.493 e. The van der Waals surface area contributed by atoms with Gasteiger partial charge in [-0.2, -0.15) is 8.78 Å². The Bertz CT molecular complexity index is 828. The van der Waals surface area contributed by atoms with E-state index in [4.69, 9.17) is 15.2 Å². The van der Waals surface area contributed by atoms with Crippen LogP contribution in [0.25, 0.3) is 11.3 Å². The Morgan fingerprint density at radius 2 is 2.00 bits per heavy atom. The van der Waals surface area contributed by atoms with Gasteiger partial charge in [0, 0.05) is 5.56 Å². The van der Waals surface area contributed by atoms with Crippen molar-refractivity contribution in [3.8, 4) is 22.8 Å². The van der Waals surface area contributed by atoms with Gasteiger partial charge >= 0.3 is 12.6 Å². The van der Waals surface area contributed by atoms with Crippen LogP contribution in [0.15, 0.2) is 18.2 Å². The zero-order valence-corrected chi connectivity index (χ0v) is 14.3. The summed E-state index contributed by atoms with van der Waals surface area (Å²) in [5.41, 5.74) is 5.33. The van der Waals surface area contributed by atoms with Crippen LogP contribution in [0.3, 0.4) is 0 Å². The molecule has 0 bridgehead atoms. The molecule has 6 nitrogen and oxygen atoms in total. The van der Waals surface area contributed by atoms with Crippen molar-refractivity contribution in [3.63, 3.8) is 0 Å². The molecule has 2 N–H and O–H groups in total. The van der Waals surface area contributed by atoms with Crippen LogP contribution >= 0.6 is 0 Å². The summed E-state index contributed by atoms with van der Waals surface area (Å²) >= 11 is 0. The third-order valence-electron chi connectivity index (χ3n) is 3.45. The quantitative estimate of drug-likeness (QED) is 0.783. The molecule has 0 aliphatic rings. The van der Waals surface area contributed by atoms with Crippen LogP contribution in [0, 0.1) is 12.7 Å². The molecular formula is C17H17F3N2O4. The summed E-state index contributed by atoms with van der Waals surface area (Å²) in [5.74, 6) is -2.37. The first-order valence-corrected chi connectivity index (χ1v) is 7.56. The van der Waals surface area contributed by atoms with E-state index in [1.807, 2.05) is 0 Å². The highest BCUT2D eigenvalue weighted by Gasteiger charge is 2.25. The average molecular weight is 370 g/mol. The molecule has 0 aliphatic carbocycles. The van der Waals surface area contributed by atoms with Crippen LogP contribution in [0.1, 0.15) is 23.0 Å². The van der Waals surface area contributed by atoms with Crippen LogP contribution < -0.4 is 15.2 Å². The van der Waals surface area contributed by atoms with E-state index in [2.05, 4.69) is 9.72 Å². The van der Waals surface area contributed by atoms with Crippen molar-refractivity contribution < 1.29 is 32.2 Å². The van der Waals surface area contributed by atoms with Gasteiger partial charge in [0.1, 0.15) is 0 Å². The van der Waals surface area contributed by atoms with Crippen molar-refractivity contribution >= 4 is 11.7 Å². The van der Waals surface area contributed by atoms with Crippen molar-refractivity contribution in [2.45, 2.75) is 20.5 Å². The minimum absolute atomic E-state index is 0.00605. The SMILES string of the molecule is CCOC(=O)c1nc(-c2ccc(C)c(OC)c2F)cc(N)c1OC(F)F. The second-order valence-corrected chi connectivity index (χ2v) is 5.15. The van der Waals surface area contributed by atoms with Crippen molar-refractivity contribution in [2.75, 3.05) is 19.5 Å². The number of rotatable bonds is 6. The molecule has 0 atom stereocenters. The topological polar surface area (TPSA) is 83.7 Å². The molecule has 1 aromatic heterocycles. The van der Waals surface area contributed by atoms with E-state index in [1.165, 1.54) is 20.1 Å². The highest BCUT2D eigenvalue weighted by atomic mass is 19.3. The summed E-state index contributed by atoms with van der Waals surface area (Å²) in [7, 11) is 1.31. The number of carbonyl (C=O) groups excluding carboxylic acids is 1. The largest absolute Gasteiger partial charge is 0.493 e. The Balaban J connectivity index is 2.67. The monoisotopic (exact) mass is 370 g/mol. The first-order chi connectivity index (χ1) is 12.3. The number of esters is 1. The lowest BCUT2D eigenvalue weighted by atomic mass is 10.1. The van der Waals surface area contributed by atoms with Crippen molar-refractivity contribution in [2.24, 2.45) is 0 Å². The highest BCUT2D eigenvalue weighted by Crippen LogP contribution is 2.35. The van der Waals surface area contributed by atoms with Crippen molar-refractivity contribution in [1.29, 1.82) is 0 Å². The molecule has 0 unspecified atom stereocenters. The predicted molar refractivity (Wildman–Crippen MR) is 87.9 cm³/mol. The van der Waals surface area contributed by atoms with Crippen LogP contribution in [-0.4, -0.2) is 31.3 Å². The third-order valence-corrected chi connectivity index (χ3v) is 3.45. The molecule has 0 fully saturated rings. The molecule has 0 saturated carbocycles. The number of hydrogen-bond donors (Lipinski definition) is 1. The maximum absolute atomic E-state index is 14.7. The molecule has 2 aromatic rings. The summed E-state index contributed by atoms with van der Waals surface area (Å²) in [6, 6.07) is 4.13. The summed E-state index contributed by atoms with van der Waals surface area (Å²) in [5, 5.41) is 0. The molecule has 0 radical (unpaired) electrons. The summed E-state index contributed by atoms with van der Waals surface area (Å²) in [6.07, 6.45) is 0. The van der Waals surface area contributed by atoms with Gasteiger partial charge in [-0.15, -0.1) is 0 Å². The standard InChI is InChI=1S/C17H17F3N2O4/c1-4-25-16(23)13-15(26-17(19)20)10(21)7-11(22-13)9-6-5-8(2)14(24-3)12(9)18/h5-7,17H,4H2,1-3H3,(H2,21,22). The Hall–Kier alpha value is -2.97. The third kappa shape index (κ3) is 3.81. The number of methoxy groups -OCH3 is 1. The van der Waals surface area contributed by atoms with Crippen LogP contribution in [-0.2, 0) is 4.74 Å². The fourth-order valence-corrected chi connectivity index (χ4v) is 2.34. The van der Waals surface area contributed by atoms with E-state index >= 15 is 0 Å². The maximum atomic E-state index is 14.7. The lowest BCUT2D eigenvalue weighted by Crippen LogP contribution is -2.15. The van der Waals surface area contributed by atoms with Gasteiger partial charge in [0.25, 0.3) is 0 Å². The van der Waals surface area contributed by atoms with Gasteiger partial charge in [-0.05, 0) is 31.5 Å². The number of hydrogen-bond acceptors (Lipinski definition) is 6. The Morgan fingerprint density at radius 3 is 2.58 bits per heavy atom. The van der Waals surface area contributed by atoms with Gasteiger partial charge in [0.2, 0.25) is 0 Å². The summed E-state index contributed by atoms with van der Waals surface area (Å²) in [4.78, 5) is 16.0. The molecule has 0 amide bonds. The lowest BCUT2D eigenvalue weighted by molar-refractivity contribution is -0.0502. The van der Waals surface area contributed by atoms with Gasteiger partial charge in [-0.3, -0.25) is 0 Å². The molecule has 140 valence electrons. The van der Waals surface area contributed by atoms with Crippen molar-refractivity contribution in [3.05, 3.63) is 35.3 Å². The number of alkyl halides is 2. The average Bonchev–Trinajstić information content (AvgIpc) is 2.57. The molecule has 26 heavy (non-hydrogen) atoms. The second kappa shape index (κ2) is 7.94. The summed E-state index contributed by atoms with van der Waals surface area (Å²) in [6.45, 7) is -0.0689. The van der Waals surface area contributed by atoms with Crippen molar-refractivity contribution in [1.82, 2.24) is 4.98 Å². The van der Waals surface area contributed by atoms with E-state index in [0.717, 1.165) is 6.07 Å². The normalized spacial score (nSPS) is 10.7. The zero-order chi connectivity index (χ0) is 19.4. The van der Waals surface area contributed by atoms with E-state index in [1.54, 1.807) is 13.0 Å². The Morgan fingerprint density at radius 1 is 1.31 bits per heavy atom. The van der Waals surface area contributed by atoms with E-state index in [-0.39, 0.29) is 29.3 Å². The molecule has 9 heteroatoms. The molecule has 1 aromatic carbocycles. The second-order valence-electron chi connectivity index (χ2n) is 5.15. The summed E-state index contributed by atoms with van der Waals surface area (Å²) < 4.78 is 54.0. The minimum atomic E-state index is -3.23. The Labute approximate surface area is 147 Å². The number of aromatic nitrogens is 1. The van der Waals surface area contributed by atoms with Crippen LogP contribution in [0.4, 0.5) is 18.9 Å². The fraction of sp³-hybridized carbons (Fsp3) is 0.294. The fourth-order valence-electron chi connectivity index (χ4n) is 2.34. The number of aryl methyl sites for hydroxylation is 1. The first kappa shape index (κ1) is 19.4. The number of benzene rings is 1. The number of ether oxygens (including phenoxy) is 3.